The summed E-state index contributed by atoms with van der Waals surface area (Å²) in [7, 11) is 0. The number of aliphatic imine (C=N–C) groups is 1. The number of benzene rings is 5. The topological polar surface area (TPSA) is 49.1 Å². The molecular formula is C43H33N3. The predicted molar refractivity (Wildman–Crippen MR) is 196 cm³/mol. The Hall–Kier alpha value is -6.19. The quantitative estimate of drug-likeness (QED) is 0.101. The molecule has 1 heterocycles. The van der Waals surface area contributed by atoms with Crippen LogP contribution in [0.3, 0.4) is 0 Å². The fourth-order valence-corrected chi connectivity index (χ4v) is 5.19. The van der Waals surface area contributed by atoms with Gasteiger partial charge in [0.1, 0.15) is 0 Å². The largest absolute Gasteiger partial charge is 0.282 e. The van der Waals surface area contributed by atoms with Crippen molar-refractivity contribution in [3.63, 3.8) is 0 Å². The lowest BCUT2D eigenvalue weighted by molar-refractivity contribution is 1.33. The van der Waals surface area contributed by atoms with Crippen LogP contribution in [-0.2, 0) is 0 Å². The number of hydrogen-bond acceptors (Lipinski definition) is 2. The van der Waals surface area contributed by atoms with Gasteiger partial charge in [-0.1, -0.05) is 158 Å². The van der Waals surface area contributed by atoms with Gasteiger partial charge in [-0.15, -0.1) is 0 Å². The normalized spacial score (nSPS) is 12.0. The molecule has 3 nitrogen and oxygen atoms in total. The minimum absolute atomic E-state index is 0.103. The third kappa shape index (κ3) is 7.47. The highest BCUT2D eigenvalue weighted by molar-refractivity contribution is 6.18. The zero-order valence-electron chi connectivity index (χ0n) is 25.4. The van der Waals surface area contributed by atoms with Gasteiger partial charge >= 0.3 is 0 Å². The lowest BCUT2D eigenvalue weighted by Gasteiger charge is -2.07. The lowest BCUT2D eigenvalue weighted by Crippen LogP contribution is -2.03. The molecule has 5 aromatic carbocycles. The highest BCUT2D eigenvalue weighted by Gasteiger charge is 2.06. The van der Waals surface area contributed by atoms with E-state index < -0.39 is 0 Å². The number of hydrogen-bond donors (Lipinski definition) is 1. The second-order valence-electron chi connectivity index (χ2n) is 10.8. The van der Waals surface area contributed by atoms with Crippen molar-refractivity contribution in [2.45, 2.75) is 0 Å². The molecule has 0 aliphatic rings. The summed E-state index contributed by atoms with van der Waals surface area (Å²) in [5, 5.41) is 11.2. The molecule has 0 aliphatic heterocycles. The second kappa shape index (κ2) is 14.5. The molecule has 0 amide bonds. The third-order valence-corrected chi connectivity index (χ3v) is 7.65. The minimum atomic E-state index is 0.103. The molecule has 0 bridgehead atoms. The molecule has 0 unspecified atom stereocenters. The molecule has 46 heavy (non-hydrogen) atoms. The number of rotatable bonds is 9. The number of amidine groups is 1. The molecule has 6 rings (SSSR count). The van der Waals surface area contributed by atoms with Gasteiger partial charge in [-0.05, 0) is 56.8 Å². The van der Waals surface area contributed by atoms with Crippen LogP contribution in [0.15, 0.2) is 187 Å². The molecule has 6 aromatic rings. The van der Waals surface area contributed by atoms with Crippen molar-refractivity contribution >= 4 is 34.5 Å². The standard InChI is InChI=1S/C43H33N3/c1-32(12-5-6-16-36-18-10-19-37-17-7-8-22-41(36)37)43(44)46-42(38-26-24-35(25-27-38)34-14-3-2-4-15-34)28-23-33-13-9-20-39(30-33)40-21-11-29-45-31-40/h2-31,44H,1H2/b12-5-,16-6+,28-23+,44-43?,46-42?. The van der Waals surface area contributed by atoms with E-state index in [-0.39, 0.29) is 5.84 Å². The molecular weight excluding hydrogens is 558 g/mol. The summed E-state index contributed by atoms with van der Waals surface area (Å²) in [6, 6.07) is 45.5. The van der Waals surface area contributed by atoms with Crippen molar-refractivity contribution < 1.29 is 0 Å². The summed E-state index contributed by atoms with van der Waals surface area (Å²) in [6.45, 7) is 4.13. The van der Waals surface area contributed by atoms with Crippen LogP contribution in [0.25, 0.3) is 45.2 Å². The average Bonchev–Trinajstić information content (AvgIpc) is 3.12. The number of nitrogens with one attached hydrogen (secondary N) is 1. The van der Waals surface area contributed by atoms with Crippen molar-refractivity contribution in [2.24, 2.45) is 4.99 Å². The molecule has 0 saturated heterocycles. The highest BCUT2D eigenvalue weighted by atomic mass is 14.8. The van der Waals surface area contributed by atoms with E-state index in [9.17, 15) is 0 Å². The van der Waals surface area contributed by atoms with Crippen LogP contribution < -0.4 is 0 Å². The number of nitrogens with zero attached hydrogens (tertiary/aromatic N) is 2. The molecule has 1 aromatic heterocycles. The van der Waals surface area contributed by atoms with Crippen molar-refractivity contribution in [3.05, 3.63) is 199 Å². The number of pyridine rings is 1. The smallest absolute Gasteiger partial charge is 0.151 e. The monoisotopic (exact) mass is 591 g/mol. The molecule has 0 radical (unpaired) electrons. The summed E-state index contributed by atoms with van der Waals surface area (Å²) >= 11 is 0. The van der Waals surface area contributed by atoms with Crippen LogP contribution in [0.4, 0.5) is 0 Å². The molecule has 0 spiro atoms. The van der Waals surface area contributed by atoms with E-state index in [1.54, 1.807) is 6.20 Å². The van der Waals surface area contributed by atoms with Crippen LogP contribution in [-0.4, -0.2) is 16.5 Å². The molecule has 0 fully saturated rings. The molecule has 220 valence electrons. The van der Waals surface area contributed by atoms with E-state index in [4.69, 9.17) is 10.4 Å². The van der Waals surface area contributed by atoms with Crippen molar-refractivity contribution in [1.82, 2.24) is 4.98 Å². The summed E-state index contributed by atoms with van der Waals surface area (Å²) in [5.41, 5.74) is 8.70. The van der Waals surface area contributed by atoms with Crippen LogP contribution >= 0.6 is 0 Å². The lowest BCUT2D eigenvalue weighted by atomic mass is 10.0. The van der Waals surface area contributed by atoms with Gasteiger partial charge in [0, 0.05) is 29.1 Å². The Bertz CT molecular complexity index is 2090. The Labute approximate surface area is 270 Å². The average molecular weight is 592 g/mol. The maximum atomic E-state index is 8.78. The first-order chi connectivity index (χ1) is 22.6. The summed E-state index contributed by atoms with van der Waals surface area (Å²) in [5.74, 6) is 0.103. The Morgan fingerprint density at radius 1 is 0.630 bits per heavy atom. The van der Waals surface area contributed by atoms with Crippen molar-refractivity contribution in [3.8, 4) is 22.3 Å². The summed E-state index contributed by atoms with van der Waals surface area (Å²) in [6.07, 6.45) is 15.4. The Morgan fingerprint density at radius 2 is 1.35 bits per heavy atom. The van der Waals surface area contributed by atoms with E-state index >= 15 is 0 Å². The Balaban J connectivity index is 1.25. The van der Waals surface area contributed by atoms with Gasteiger partial charge in [0.2, 0.25) is 0 Å². The summed E-state index contributed by atoms with van der Waals surface area (Å²) in [4.78, 5) is 9.01. The SMILES string of the molecule is C=C(/C=C\C=C\c1cccc2ccccc12)C(=N)N=C(/C=C/c1cccc(-c2cccnc2)c1)c1ccc(-c2ccccc2)cc1. The highest BCUT2D eigenvalue weighted by Crippen LogP contribution is 2.23. The van der Waals surface area contributed by atoms with E-state index in [0.717, 1.165) is 38.9 Å². The van der Waals surface area contributed by atoms with Gasteiger partial charge < -0.3 is 0 Å². The maximum Gasteiger partial charge on any atom is 0.151 e. The number of aromatic nitrogens is 1. The molecule has 0 aliphatic carbocycles. The number of fused-ring (bicyclic) bond motifs is 1. The predicted octanol–water partition coefficient (Wildman–Crippen LogP) is 10.9. The van der Waals surface area contributed by atoms with Crippen LogP contribution in [0.2, 0.25) is 0 Å². The van der Waals surface area contributed by atoms with Gasteiger partial charge in [0.05, 0.1) is 5.71 Å². The first-order valence-corrected chi connectivity index (χ1v) is 15.2. The van der Waals surface area contributed by atoms with E-state index in [2.05, 4.69) is 115 Å². The van der Waals surface area contributed by atoms with Gasteiger partial charge in [-0.3, -0.25) is 10.4 Å². The zero-order chi connectivity index (χ0) is 31.6. The molecule has 1 N–H and O–H groups in total. The Kier molecular flexibility index (Phi) is 9.43. The minimum Gasteiger partial charge on any atom is -0.282 e. The van der Waals surface area contributed by atoms with Gasteiger partial charge in [-0.25, -0.2) is 4.99 Å². The van der Waals surface area contributed by atoms with Crippen LogP contribution in [0, 0.1) is 5.41 Å². The summed E-state index contributed by atoms with van der Waals surface area (Å²) < 4.78 is 0. The van der Waals surface area contributed by atoms with Gasteiger partial charge in [-0.2, -0.15) is 0 Å². The fraction of sp³-hybridized carbons (Fsp3) is 0. The molecule has 0 saturated carbocycles. The van der Waals surface area contributed by atoms with Crippen LogP contribution in [0.1, 0.15) is 16.7 Å². The van der Waals surface area contributed by atoms with Crippen molar-refractivity contribution in [1.29, 1.82) is 5.41 Å². The van der Waals surface area contributed by atoms with Crippen LogP contribution in [0.5, 0.6) is 0 Å². The van der Waals surface area contributed by atoms with Crippen molar-refractivity contribution in [2.75, 3.05) is 0 Å². The first-order valence-electron chi connectivity index (χ1n) is 15.2. The number of allylic oxidation sites excluding steroid dienone is 3. The Morgan fingerprint density at radius 3 is 2.17 bits per heavy atom. The fourth-order valence-electron chi connectivity index (χ4n) is 5.19. The van der Waals surface area contributed by atoms with E-state index in [0.29, 0.717) is 11.3 Å². The third-order valence-electron chi connectivity index (χ3n) is 7.65. The van der Waals surface area contributed by atoms with Gasteiger partial charge in [0.15, 0.2) is 5.84 Å². The van der Waals surface area contributed by atoms with Gasteiger partial charge in [0.25, 0.3) is 0 Å². The second-order valence-corrected chi connectivity index (χ2v) is 10.8. The molecule has 0 atom stereocenters. The first kappa shape index (κ1) is 29.9. The maximum absolute atomic E-state index is 8.78. The van der Waals surface area contributed by atoms with E-state index in [1.807, 2.05) is 73.0 Å². The molecule has 3 heteroatoms. The zero-order valence-corrected chi connectivity index (χ0v) is 25.4. The van der Waals surface area contributed by atoms with E-state index in [1.165, 1.54) is 10.8 Å².